The molecule has 0 amide bonds. The van der Waals surface area contributed by atoms with Crippen LogP contribution in [0, 0.1) is 6.92 Å². The van der Waals surface area contributed by atoms with Crippen LogP contribution >= 0.6 is 11.8 Å². The number of hydrogen-bond donors (Lipinski definition) is 0. The molecule has 0 spiro atoms. The fraction of sp³-hybridized carbons (Fsp3) is 0.235. The van der Waals surface area contributed by atoms with Crippen LogP contribution in [0.5, 0.6) is 5.75 Å². The number of carbonyl (C=O) groups excluding carboxylic acids is 1. The third-order valence-electron chi connectivity index (χ3n) is 4.05. The van der Waals surface area contributed by atoms with Crippen molar-refractivity contribution < 1.29 is 9.53 Å². The minimum Gasteiger partial charge on any atom is -0.426 e. The molecule has 0 unspecified atom stereocenters. The summed E-state index contributed by atoms with van der Waals surface area (Å²) in [7, 11) is 0. The second kappa shape index (κ2) is 4.38. The van der Waals surface area contributed by atoms with Gasteiger partial charge < -0.3 is 4.74 Å². The molecule has 0 bridgehead atoms. The van der Waals surface area contributed by atoms with Crippen LogP contribution in [0.3, 0.4) is 0 Å². The Morgan fingerprint density at radius 3 is 2.90 bits per heavy atom. The molecule has 2 nitrogen and oxygen atoms in total. The number of thioether (sulfide) groups is 1. The summed E-state index contributed by atoms with van der Waals surface area (Å²) in [6, 6.07) is 14.3. The minimum atomic E-state index is -0.167. The fourth-order valence-corrected chi connectivity index (χ4v) is 4.52. The Kier molecular flexibility index (Phi) is 2.64. The predicted octanol–water partition coefficient (Wildman–Crippen LogP) is 3.99. The number of benzene rings is 2. The summed E-state index contributed by atoms with van der Waals surface area (Å²) in [5.41, 5.74) is 4.76. The molecule has 2 aliphatic heterocycles. The lowest BCUT2D eigenvalue weighted by atomic mass is 9.86. The van der Waals surface area contributed by atoms with Crippen molar-refractivity contribution in [2.24, 2.45) is 0 Å². The summed E-state index contributed by atoms with van der Waals surface area (Å²) in [5.74, 6) is 1.40. The summed E-state index contributed by atoms with van der Waals surface area (Å²) in [6.45, 7) is 2.08. The molecule has 0 N–H and O–H groups in total. The van der Waals surface area contributed by atoms with Gasteiger partial charge in [0, 0.05) is 11.3 Å². The molecule has 4 rings (SSSR count). The lowest BCUT2D eigenvalue weighted by molar-refractivity contribution is -0.137. The second-order valence-electron chi connectivity index (χ2n) is 5.37. The molecule has 0 fully saturated rings. The average molecular weight is 282 g/mol. The number of hydrogen-bond acceptors (Lipinski definition) is 3. The molecule has 0 aliphatic carbocycles. The average Bonchev–Trinajstić information content (AvgIpc) is 2.47. The van der Waals surface area contributed by atoms with Crippen molar-refractivity contribution in [3.05, 3.63) is 64.7 Å². The Balaban J connectivity index is 1.89. The first-order valence-corrected chi connectivity index (χ1v) is 7.80. The van der Waals surface area contributed by atoms with E-state index in [2.05, 4.69) is 25.1 Å². The van der Waals surface area contributed by atoms with Crippen LogP contribution in [-0.2, 0) is 10.5 Å². The highest BCUT2D eigenvalue weighted by Crippen LogP contribution is 2.53. The normalized spacial score (nSPS) is 23.4. The smallest absolute Gasteiger partial charge is 0.320 e. The van der Waals surface area contributed by atoms with Gasteiger partial charge in [0.15, 0.2) is 0 Å². The van der Waals surface area contributed by atoms with Crippen LogP contribution in [0.15, 0.2) is 42.5 Å². The second-order valence-corrected chi connectivity index (χ2v) is 6.50. The van der Waals surface area contributed by atoms with Crippen molar-refractivity contribution in [1.82, 2.24) is 0 Å². The number of ether oxygens (including phenoxy) is 1. The largest absolute Gasteiger partial charge is 0.426 e. The molecule has 0 saturated carbocycles. The van der Waals surface area contributed by atoms with Gasteiger partial charge in [-0.25, -0.2) is 0 Å². The maximum Gasteiger partial charge on any atom is 0.320 e. The van der Waals surface area contributed by atoms with Crippen molar-refractivity contribution in [2.45, 2.75) is 23.8 Å². The molecule has 0 radical (unpaired) electrons. The van der Waals surface area contributed by atoms with E-state index in [0.29, 0.717) is 0 Å². The van der Waals surface area contributed by atoms with Crippen LogP contribution in [0.1, 0.15) is 33.4 Å². The first-order chi connectivity index (χ1) is 9.74. The Morgan fingerprint density at radius 2 is 2.00 bits per heavy atom. The van der Waals surface area contributed by atoms with Gasteiger partial charge in [0.1, 0.15) is 5.75 Å². The van der Waals surface area contributed by atoms with Crippen LogP contribution < -0.4 is 4.74 Å². The maximum absolute atomic E-state index is 12.4. The molecule has 0 aromatic heterocycles. The van der Waals surface area contributed by atoms with E-state index < -0.39 is 0 Å². The van der Waals surface area contributed by atoms with Crippen molar-refractivity contribution >= 4 is 17.7 Å². The van der Waals surface area contributed by atoms with Crippen LogP contribution in [-0.4, -0.2) is 5.97 Å². The van der Waals surface area contributed by atoms with Gasteiger partial charge in [0.2, 0.25) is 0 Å². The zero-order valence-electron chi connectivity index (χ0n) is 11.1. The van der Waals surface area contributed by atoms with E-state index in [1.165, 1.54) is 11.1 Å². The number of rotatable bonds is 0. The number of esters is 1. The first kappa shape index (κ1) is 12.0. The summed E-state index contributed by atoms with van der Waals surface area (Å²) >= 11 is 1.84. The monoisotopic (exact) mass is 282 g/mol. The Bertz CT molecular complexity index is 708. The zero-order valence-corrected chi connectivity index (χ0v) is 11.9. The minimum absolute atomic E-state index is 0.119. The molecule has 3 heteroatoms. The van der Waals surface area contributed by atoms with Crippen LogP contribution in [0.25, 0.3) is 0 Å². The quantitative estimate of drug-likeness (QED) is 0.540. The van der Waals surface area contributed by atoms with Gasteiger partial charge in [-0.3, -0.25) is 4.79 Å². The van der Waals surface area contributed by atoms with Gasteiger partial charge in [0.05, 0.1) is 11.2 Å². The van der Waals surface area contributed by atoms with Crippen molar-refractivity contribution in [3.63, 3.8) is 0 Å². The van der Waals surface area contributed by atoms with E-state index in [1.54, 1.807) is 0 Å². The van der Waals surface area contributed by atoms with E-state index in [4.69, 9.17) is 4.74 Å². The predicted molar refractivity (Wildman–Crippen MR) is 80.0 cm³/mol. The van der Waals surface area contributed by atoms with Crippen LogP contribution in [0.4, 0.5) is 0 Å². The standard InChI is InChI=1S/C17H14O2S/c1-10-6-7-14-13(8-10)16-15(17(18)19-14)12-5-3-2-4-11(12)9-20-16/h2-8,15-16H,9H2,1H3/t15-,16-/m0/s1. The lowest BCUT2D eigenvalue weighted by Crippen LogP contribution is -2.31. The Labute approximate surface area is 122 Å². The van der Waals surface area contributed by atoms with E-state index in [0.717, 1.165) is 22.6 Å². The third kappa shape index (κ3) is 1.70. The highest BCUT2D eigenvalue weighted by atomic mass is 32.2. The molecule has 2 atom stereocenters. The topological polar surface area (TPSA) is 26.3 Å². The number of aryl methyl sites for hydroxylation is 1. The molecule has 2 heterocycles. The van der Waals surface area contributed by atoms with Crippen molar-refractivity contribution in [1.29, 1.82) is 0 Å². The number of carbonyl (C=O) groups is 1. The molecular weight excluding hydrogens is 268 g/mol. The van der Waals surface area contributed by atoms with Crippen molar-refractivity contribution in [3.8, 4) is 5.75 Å². The summed E-state index contributed by atoms with van der Waals surface area (Å²) in [6.07, 6.45) is 0. The van der Waals surface area contributed by atoms with Gasteiger partial charge >= 0.3 is 5.97 Å². The fourth-order valence-electron chi connectivity index (χ4n) is 3.08. The Hall–Kier alpha value is -1.74. The molecule has 100 valence electrons. The molecule has 2 aliphatic rings. The van der Waals surface area contributed by atoms with E-state index in [-0.39, 0.29) is 17.1 Å². The van der Waals surface area contributed by atoms with Crippen molar-refractivity contribution in [2.75, 3.05) is 0 Å². The van der Waals surface area contributed by atoms with E-state index >= 15 is 0 Å². The molecule has 2 aromatic rings. The van der Waals surface area contributed by atoms with E-state index in [1.807, 2.05) is 36.0 Å². The number of fused-ring (bicyclic) bond motifs is 5. The molecule has 0 saturated heterocycles. The summed E-state index contributed by atoms with van der Waals surface area (Å²) in [5, 5.41) is 0.182. The lowest BCUT2D eigenvalue weighted by Gasteiger charge is -2.36. The zero-order chi connectivity index (χ0) is 13.7. The highest BCUT2D eigenvalue weighted by molar-refractivity contribution is 7.98. The highest BCUT2D eigenvalue weighted by Gasteiger charge is 2.42. The molecule has 2 aromatic carbocycles. The van der Waals surface area contributed by atoms with E-state index in [9.17, 15) is 4.79 Å². The molecule has 20 heavy (non-hydrogen) atoms. The first-order valence-electron chi connectivity index (χ1n) is 6.76. The third-order valence-corrected chi connectivity index (χ3v) is 5.41. The van der Waals surface area contributed by atoms with Gasteiger partial charge in [0.25, 0.3) is 0 Å². The van der Waals surface area contributed by atoms with Gasteiger partial charge in [-0.15, -0.1) is 11.8 Å². The Morgan fingerprint density at radius 1 is 1.15 bits per heavy atom. The summed E-state index contributed by atoms with van der Waals surface area (Å²) in [4.78, 5) is 12.4. The van der Waals surface area contributed by atoms with Gasteiger partial charge in [-0.2, -0.15) is 0 Å². The maximum atomic E-state index is 12.4. The molecular formula is C17H14O2S. The van der Waals surface area contributed by atoms with Crippen LogP contribution in [0.2, 0.25) is 0 Å². The van der Waals surface area contributed by atoms with Gasteiger partial charge in [-0.05, 0) is 24.1 Å². The SMILES string of the molecule is Cc1ccc2c(c1)[C@@H]1SCc3ccccc3[C@@H]1C(=O)O2. The summed E-state index contributed by atoms with van der Waals surface area (Å²) < 4.78 is 5.56. The van der Waals surface area contributed by atoms with Gasteiger partial charge in [-0.1, -0.05) is 42.0 Å².